The third-order valence-electron chi connectivity index (χ3n) is 9.10. The van der Waals surface area contributed by atoms with E-state index in [4.69, 9.17) is 4.98 Å². The van der Waals surface area contributed by atoms with E-state index in [1.807, 2.05) is 5.38 Å². The summed E-state index contributed by atoms with van der Waals surface area (Å²) in [6.45, 7) is 2.17. The molecule has 0 saturated carbocycles. The molecule has 3 nitrogen and oxygen atoms in total. The number of nitriles is 1. The highest BCUT2D eigenvalue weighted by molar-refractivity contribution is 7.17. The lowest BCUT2D eigenvalue weighted by Gasteiger charge is -2.30. The fourth-order valence-corrected chi connectivity index (χ4v) is 8.46. The molecule has 2 aliphatic rings. The Balaban J connectivity index is 1.44. The van der Waals surface area contributed by atoms with Crippen molar-refractivity contribution in [3.63, 3.8) is 0 Å². The highest BCUT2D eigenvalue weighted by atomic mass is 32.1. The zero-order chi connectivity index (χ0) is 27.3. The van der Waals surface area contributed by atoms with Crippen LogP contribution in [0.3, 0.4) is 0 Å². The van der Waals surface area contributed by atoms with Gasteiger partial charge in [0.15, 0.2) is 0 Å². The Bertz CT molecular complexity index is 2280. The minimum Gasteiger partial charge on any atom is -0.296 e. The highest BCUT2D eigenvalue weighted by Gasteiger charge is 2.52. The van der Waals surface area contributed by atoms with E-state index in [2.05, 4.69) is 121 Å². The van der Waals surface area contributed by atoms with E-state index < -0.39 is 5.41 Å². The van der Waals surface area contributed by atoms with Crippen LogP contribution in [0.25, 0.3) is 49.1 Å². The summed E-state index contributed by atoms with van der Waals surface area (Å²) in [5.74, 6) is 1.06. The van der Waals surface area contributed by atoms with E-state index in [1.165, 1.54) is 44.5 Å². The van der Waals surface area contributed by atoms with Gasteiger partial charge < -0.3 is 0 Å². The lowest BCUT2D eigenvalue weighted by atomic mass is 9.70. The molecule has 0 bridgehead atoms. The van der Waals surface area contributed by atoms with Crippen LogP contribution in [0.4, 0.5) is 0 Å². The van der Waals surface area contributed by atoms with E-state index in [0.717, 1.165) is 44.6 Å². The predicted octanol–water partition coefficient (Wildman–Crippen LogP) is 9.02. The van der Waals surface area contributed by atoms with E-state index in [9.17, 15) is 5.26 Å². The van der Waals surface area contributed by atoms with Gasteiger partial charge in [0.1, 0.15) is 11.9 Å². The van der Waals surface area contributed by atoms with Crippen LogP contribution in [0, 0.1) is 11.3 Å². The van der Waals surface area contributed by atoms with Crippen molar-refractivity contribution in [2.75, 3.05) is 0 Å². The van der Waals surface area contributed by atoms with Crippen LogP contribution < -0.4 is 0 Å². The Morgan fingerprint density at radius 1 is 0.780 bits per heavy atom. The summed E-state index contributed by atoms with van der Waals surface area (Å²) in [4.78, 5) is 4.98. The lowest BCUT2D eigenvalue weighted by molar-refractivity contribution is 0.791. The first kappa shape index (κ1) is 22.8. The van der Waals surface area contributed by atoms with Gasteiger partial charge in [-0.3, -0.25) is 4.57 Å². The third-order valence-corrected chi connectivity index (χ3v) is 10.0. The largest absolute Gasteiger partial charge is 0.296 e. The molecule has 1 atom stereocenters. The van der Waals surface area contributed by atoms with E-state index in [-0.39, 0.29) is 0 Å². The molecule has 1 unspecified atom stereocenters. The normalized spacial score (nSPS) is 16.1. The summed E-state index contributed by atoms with van der Waals surface area (Å²) in [6, 6.07) is 40.1. The van der Waals surface area contributed by atoms with Crippen molar-refractivity contribution < 1.29 is 0 Å². The first-order valence-corrected chi connectivity index (χ1v) is 14.9. The number of fused-ring (bicyclic) bond motifs is 13. The average molecular weight is 542 g/mol. The summed E-state index contributed by atoms with van der Waals surface area (Å²) >= 11 is 1.65. The van der Waals surface area contributed by atoms with Crippen LogP contribution in [0.1, 0.15) is 40.6 Å². The van der Waals surface area contributed by atoms with Crippen molar-refractivity contribution in [3.05, 3.63) is 142 Å². The van der Waals surface area contributed by atoms with Crippen molar-refractivity contribution in [3.8, 4) is 34.0 Å². The summed E-state index contributed by atoms with van der Waals surface area (Å²) in [6.07, 6.45) is 0.843. The number of aromatic nitrogens is 2. The molecule has 41 heavy (non-hydrogen) atoms. The van der Waals surface area contributed by atoms with Crippen LogP contribution in [-0.4, -0.2) is 9.55 Å². The molecule has 1 spiro atoms. The standard InChI is InChI=1S/C37H23N3S/c1-2-34-39-31-13-7-8-14-32(31)40(34)23-15-16-25-24-9-3-5-11-27(24)37(30(25)19-23)28-12-6-4-10-26(28)36-29(37)17-18-33-35(36)22(20-38)21-41-33/h3-19,21H,2H2,1H3. The van der Waals surface area contributed by atoms with Gasteiger partial charge in [0.2, 0.25) is 0 Å². The summed E-state index contributed by atoms with van der Waals surface area (Å²) < 4.78 is 3.48. The number of hydrogen-bond donors (Lipinski definition) is 0. The molecule has 0 radical (unpaired) electrons. The van der Waals surface area contributed by atoms with Crippen LogP contribution in [-0.2, 0) is 11.8 Å². The van der Waals surface area contributed by atoms with Gasteiger partial charge in [0, 0.05) is 27.6 Å². The topological polar surface area (TPSA) is 41.6 Å². The Morgan fingerprint density at radius 3 is 2.34 bits per heavy atom. The molecule has 4 heteroatoms. The summed E-state index contributed by atoms with van der Waals surface area (Å²) in [5, 5.41) is 13.2. The van der Waals surface area contributed by atoms with Crippen molar-refractivity contribution in [1.29, 1.82) is 5.26 Å². The molecular weight excluding hydrogens is 518 g/mol. The van der Waals surface area contributed by atoms with Crippen molar-refractivity contribution in [2.45, 2.75) is 18.8 Å². The van der Waals surface area contributed by atoms with E-state index in [1.54, 1.807) is 11.3 Å². The van der Waals surface area contributed by atoms with Gasteiger partial charge in [-0.15, -0.1) is 11.3 Å². The molecule has 0 saturated heterocycles. The second-order valence-corrected chi connectivity index (χ2v) is 11.8. The number of thiophene rings is 1. The first-order valence-electron chi connectivity index (χ1n) is 14.0. The zero-order valence-corrected chi connectivity index (χ0v) is 23.2. The fraction of sp³-hybridized carbons (Fsp3) is 0.0811. The van der Waals surface area contributed by atoms with E-state index in [0.29, 0.717) is 0 Å². The summed E-state index contributed by atoms with van der Waals surface area (Å²) in [5.41, 5.74) is 13.6. The predicted molar refractivity (Wildman–Crippen MR) is 167 cm³/mol. The quantitative estimate of drug-likeness (QED) is 0.219. The average Bonchev–Trinajstić information content (AvgIpc) is 3.76. The molecule has 0 fully saturated rings. The lowest BCUT2D eigenvalue weighted by Crippen LogP contribution is -2.26. The second kappa shape index (κ2) is 8.04. The molecule has 2 aliphatic carbocycles. The monoisotopic (exact) mass is 541 g/mol. The number of hydrogen-bond acceptors (Lipinski definition) is 3. The molecular formula is C37H23N3S. The molecule has 9 rings (SSSR count). The number of aryl methyl sites for hydroxylation is 1. The number of para-hydroxylation sites is 2. The minimum absolute atomic E-state index is 0.473. The van der Waals surface area contributed by atoms with Crippen LogP contribution in [0.5, 0.6) is 0 Å². The fourth-order valence-electron chi connectivity index (χ4n) is 7.57. The Labute approximate surface area is 241 Å². The highest BCUT2D eigenvalue weighted by Crippen LogP contribution is 2.64. The van der Waals surface area contributed by atoms with Crippen LogP contribution in [0.15, 0.2) is 109 Å². The Hall–Kier alpha value is -4.98. The van der Waals surface area contributed by atoms with Crippen LogP contribution >= 0.6 is 11.3 Å². The molecule has 192 valence electrons. The number of imidazole rings is 1. The number of rotatable bonds is 2. The number of benzene rings is 5. The van der Waals surface area contributed by atoms with Crippen molar-refractivity contribution in [2.24, 2.45) is 0 Å². The van der Waals surface area contributed by atoms with Gasteiger partial charge in [-0.2, -0.15) is 5.26 Å². The van der Waals surface area contributed by atoms with Gasteiger partial charge in [-0.25, -0.2) is 4.98 Å². The minimum atomic E-state index is -0.473. The van der Waals surface area contributed by atoms with Gasteiger partial charge in [-0.1, -0.05) is 79.7 Å². The van der Waals surface area contributed by atoms with E-state index >= 15 is 0 Å². The summed E-state index contributed by atoms with van der Waals surface area (Å²) in [7, 11) is 0. The molecule has 2 heterocycles. The third kappa shape index (κ3) is 2.70. The first-order chi connectivity index (χ1) is 20.3. The van der Waals surface area contributed by atoms with Crippen molar-refractivity contribution in [1.82, 2.24) is 9.55 Å². The Morgan fingerprint density at radius 2 is 1.51 bits per heavy atom. The van der Waals surface area contributed by atoms with Gasteiger partial charge in [-0.05, 0) is 74.8 Å². The maximum atomic E-state index is 10.1. The second-order valence-electron chi connectivity index (χ2n) is 10.9. The zero-order valence-electron chi connectivity index (χ0n) is 22.3. The SMILES string of the molecule is CCc1nc2ccccc2n1-c1ccc2c(c1)C1(c3ccccc3-2)c2ccccc2-c2c1ccc1scc(C#N)c21. The molecule has 7 aromatic rings. The maximum absolute atomic E-state index is 10.1. The van der Waals surface area contributed by atoms with Crippen molar-refractivity contribution >= 4 is 32.5 Å². The molecule has 0 amide bonds. The smallest absolute Gasteiger partial charge is 0.114 e. The molecule has 2 aromatic heterocycles. The molecule has 5 aromatic carbocycles. The van der Waals surface area contributed by atoms with Gasteiger partial charge in [0.25, 0.3) is 0 Å². The van der Waals surface area contributed by atoms with Crippen LogP contribution in [0.2, 0.25) is 0 Å². The molecule has 0 N–H and O–H groups in total. The van der Waals surface area contributed by atoms with Gasteiger partial charge in [0.05, 0.1) is 22.0 Å². The molecule has 0 aliphatic heterocycles. The van der Waals surface area contributed by atoms with Gasteiger partial charge >= 0.3 is 0 Å². The Kier molecular flexibility index (Phi) is 4.47. The number of nitrogens with zero attached hydrogens (tertiary/aromatic N) is 3. The maximum Gasteiger partial charge on any atom is 0.114 e.